The Hall–Kier alpha value is -2.04. The predicted octanol–water partition coefficient (Wildman–Crippen LogP) is 2.67. The molecule has 0 radical (unpaired) electrons. The van der Waals surface area contributed by atoms with Gasteiger partial charge in [-0.25, -0.2) is 0 Å². The summed E-state index contributed by atoms with van der Waals surface area (Å²) in [6.07, 6.45) is 0.136. The second-order valence-corrected chi connectivity index (χ2v) is 5.88. The van der Waals surface area contributed by atoms with Crippen LogP contribution in [0.5, 0.6) is 5.75 Å². The molecule has 1 aromatic rings. The van der Waals surface area contributed by atoms with E-state index in [4.69, 9.17) is 9.47 Å². The van der Waals surface area contributed by atoms with Gasteiger partial charge in [-0.15, -0.1) is 0 Å². The molecule has 1 atom stereocenters. The fourth-order valence-corrected chi connectivity index (χ4v) is 1.88. The lowest BCUT2D eigenvalue weighted by Crippen LogP contribution is -2.28. The lowest BCUT2D eigenvalue weighted by Gasteiger charge is -2.21. The summed E-state index contributed by atoms with van der Waals surface area (Å²) in [6, 6.07) is 7.12. The van der Waals surface area contributed by atoms with Crippen molar-refractivity contribution in [2.24, 2.45) is 5.92 Å². The Labute approximate surface area is 124 Å². The lowest BCUT2D eigenvalue weighted by atomic mass is 9.96. The zero-order valence-electron chi connectivity index (χ0n) is 12.9. The average Bonchev–Trinajstić information content (AvgIpc) is 2.36. The number of hydrogen-bond donors (Lipinski definition) is 1. The molecule has 0 bridgehead atoms. The SMILES string of the molecule is COc1ccc(C[C@H](CC(=O)OC(C)(C)C)C(=O)O)cc1. The van der Waals surface area contributed by atoms with E-state index in [1.807, 2.05) is 0 Å². The smallest absolute Gasteiger partial charge is 0.307 e. The molecule has 21 heavy (non-hydrogen) atoms. The standard InChI is InChI=1S/C16H22O5/c1-16(2,3)21-14(17)10-12(15(18)19)9-11-5-7-13(20-4)8-6-11/h5-8,12H,9-10H2,1-4H3,(H,18,19)/t12-/m1/s1. The number of ether oxygens (including phenoxy) is 2. The number of carboxylic acid groups (broad SMARTS) is 1. The van der Waals surface area contributed by atoms with Crippen LogP contribution in [0.2, 0.25) is 0 Å². The van der Waals surface area contributed by atoms with Crippen LogP contribution >= 0.6 is 0 Å². The Morgan fingerprint density at radius 3 is 2.19 bits per heavy atom. The molecule has 0 saturated heterocycles. The van der Waals surface area contributed by atoms with E-state index in [9.17, 15) is 14.7 Å². The number of rotatable bonds is 6. The van der Waals surface area contributed by atoms with Gasteiger partial charge in [0.05, 0.1) is 19.4 Å². The monoisotopic (exact) mass is 294 g/mol. The van der Waals surface area contributed by atoms with Gasteiger partial charge in [-0.05, 0) is 44.9 Å². The summed E-state index contributed by atoms with van der Waals surface area (Å²) in [4.78, 5) is 23.1. The molecule has 0 fully saturated rings. The van der Waals surface area contributed by atoms with E-state index in [0.717, 1.165) is 5.56 Å². The minimum Gasteiger partial charge on any atom is -0.497 e. The highest BCUT2D eigenvalue weighted by Gasteiger charge is 2.25. The third kappa shape index (κ3) is 6.29. The molecule has 0 saturated carbocycles. The van der Waals surface area contributed by atoms with Gasteiger partial charge in [0.25, 0.3) is 0 Å². The van der Waals surface area contributed by atoms with Crippen LogP contribution in [0.1, 0.15) is 32.8 Å². The second-order valence-electron chi connectivity index (χ2n) is 5.88. The Bertz CT molecular complexity index is 484. The van der Waals surface area contributed by atoms with Crippen LogP contribution in [0.15, 0.2) is 24.3 Å². The minimum atomic E-state index is -1.00. The number of carbonyl (C=O) groups excluding carboxylic acids is 1. The van der Waals surface area contributed by atoms with Gasteiger partial charge >= 0.3 is 11.9 Å². The van der Waals surface area contributed by atoms with Crippen LogP contribution in [0.25, 0.3) is 0 Å². The highest BCUT2D eigenvalue weighted by molar-refractivity contribution is 5.79. The summed E-state index contributed by atoms with van der Waals surface area (Å²) >= 11 is 0. The van der Waals surface area contributed by atoms with Crippen LogP contribution < -0.4 is 4.74 Å². The Morgan fingerprint density at radius 1 is 1.19 bits per heavy atom. The molecule has 0 aromatic heterocycles. The average molecular weight is 294 g/mol. The van der Waals surface area contributed by atoms with Crippen LogP contribution in [0.4, 0.5) is 0 Å². The molecule has 0 aliphatic carbocycles. The van der Waals surface area contributed by atoms with Crippen LogP contribution in [-0.2, 0) is 20.7 Å². The maximum atomic E-state index is 11.8. The number of esters is 1. The van der Waals surface area contributed by atoms with Crippen molar-refractivity contribution in [3.05, 3.63) is 29.8 Å². The van der Waals surface area contributed by atoms with Crippen molar-refractivity contribution in [3.63, 3.8) is 0 Å². The van der Waals surface area contributed by atoms with E-state index in [-0.39, 0.29) is 12.8 Å². The molecule has 5 heteroatoms. The fourth-order valence-electron chi connectivity index (χ4n) is 1.88. The van der Waals surface area contributed by atoms with Crippen molar-refractivity contribution in [1.82, 2.24) is 0 Å². The van der Waals surface area contributed by atoms with Gasteiger partial charge in [0.15, 0.2) is 0 Å². The van der Waals surface area contributed by atoms with Crippen molar-refractivity contribution < 1.29 is 24.2 Å². The first-order valence-electron chi connectivity index (χ1n) is 6.79. The third-order valence-corrected chi connectivity index (χ3v) is 2.82. The van der Waals surface area contributed by atoms with Crippen molar-refractivity contribution in [3.8, 4) is 5.75 Å². The molecule has 0 heterocycles. The maximum absolute atomic E-state index is 11.8. The Kier molecular flexibility index (Phi) is 5.76. The maximum Gasteiger partial charge on any atom is 0.307 e. The van der Waals surface area contributed by atoms with E-state index < -0.39 is 23.5 Å². The van der Waals surface area contributed by atoms with E-state index in [1.165, 1.54) is 0 Å². The van der Waals surface area contributed by atoms with Crippen LogP contribution in [-0.4, -0.2) is 29.8 Å². The molecule has 1 rings (SSSR count). The van der Waals surface area contributed by atoms with Gasteiger partial charge in [-0.3, -0.25) is 9.59 Å². The summed E-state index contributed by atoms with van der Waals surface area (Å²) in [5.41, 5.74) is 0.229. The normalized spacial score (nSPS) is 12.6. The number of aliphatic carboxylic acids is 1. The predicted molar refractivity (Wildman–Crippen MR) is 78.3 cm³/mol. The number of benzene rings is 1. The van der Waals surface area contributed by atoms with Crippen molar-refractivity contribution in [1.29, 1.82) is 0 Å². The summed E-state index contributed by atoms with van der Waals surface area (Å²) in [5, 5.41) is 9.25. The van der Waals surface area contributed by atoms with Gasteiger partial charge < -0.3 is 14.6 Å². The fraction of sp³-hybridized carbons (Fsp3) is 0.500. The van der Waals surface area contributed by atoms with E-state index in [1.54, 1.807) is 52.1 Å². The molecular formula is C16H22O5. The van der Waals surface area contributed by atoms with Gasteiger partial charge in [-0.1, -0.05) is 12.1 Å². The summed E-state index contributed by atoms with van der Waals surface area (Å²) in [5.74, 6) is -1.59. The number of carboxylic acids is 1. The van der Waals surface area contributed by atoms with Crippen molar-refractivity contribution in [2.45, 2.75) is 39.2 Å². The third-order valence-electron chi connectivity index (χ3n) is 2.82. The number of hydrogen-bond acceptors (Lipinski definition) is 4. The van der Waals surface area contributed by atoms with E-state index >= 15 is 0 Å². The topological polar surface area (TPSA) is 72.8 Å². The highest BCUT2D eigenvalue weighted by atomic mass is 16.6. The van der Waals surface area contributed by atoms with E-state index in [0.29, 0.717) is 5.75 Å². The molecule has 5 nitrogen and oxygen atoms in total. The van der Waals surface area contributed by atoms with Gasteiger partial charge in [-0.2, -0.15) is 0 Å². The van der Waals surface area contributed by atoms with Crippen molar-refractivity contribution >= 4 is 11.9 Å². The van der Waals surface area contributed by atoms with Crippen molar-refractivity contribution in [2.75, 3.05) is 7.11 Å². The van der Waals surface area contributed by atoms with E-state index in [2.05, 4.69) is 0 Å². The first kappa shape index (κ1) is 17.0. The first-order valence-corrected chi connectivity index (χ1v) is 6.79. The Morgan fingerprint density at radius 2 is 1.76 bits per heavy atom. The molecule has 0 spiro atoms. The minimum absolute atomic E-state index is 0.140. The number of carbonyl (C=O) groups is 2. The van der Waals surface area contributed by atoms with Gasteiger partial charge in [0, 0.05) is 0 Å². The summed E-state index contributed by atoms with van der Waals surface area (Å²) < 4.78 is 10.2. The quantitative estimate of drug-likeness (QED) is 0.817. The second kappa shape index (κ2) is 7.11. The lowest BCUT2D eigenvalue weighted by molar-refractivity contribution is -0.159. The number of methoxy groups -OCH3 is 1. The molecular weight excluding hydrogens is 272 g/mol. The zero-order chi connectivity index (χ0) is 16.0. The molecule has 0 aliphatic heterocycles. The molecule has 0 aliphatic rings. The molecule has 1 N–H and O–H groups in total. The summed E-state index contributed by atoms with van der Waals surface area (Å²) in [7, 11) is 1.57. The highest BCUT2D eigenvalue weighted by Crippen LogP contribution is 2.18. The first-order chi connectivity index (χ1) is 9.71. The van der Waals surface area contributed by atoms with Crippen LogP contribution in [0.3, 0.4) is 0 Å². The largest absolute Gasteiger partial charge is 0.497 e. The van der Waals surface area contributed by atoms with Crippen LogP contribution in [0, 0.1) is 5.92 Å². The molecule has 1 aromatic carbocycles. The molecule has 116 valence electrons. The molecule has 0 amide bonds. The van der Waals surface area contributed by atoms with Gasteiger partial charge in [0.2, 0.25) is 0 Å². The van der Waals surface area contributed by atoms with Gasteiger partial charge in [0.1, 0.15) is 11.4 Å². The Balaban J connectivity index is 2.69. The zero-order valence-corrected chi connectivity index (χ0v) is 12.9. The molecule has 0 unspecified atom stereocenters. The summed E-state index contributed by atoms with van der Waals surface area (Å²) in [6.45, 7) is 5.26.